The number of hydrogen-bond acceptors (Lipinski definition) is 5. The van der Waals surface area contributed by atoms with Crippen LogP contribution in [-0.2, 0) is 5.79 Å². The van der Waals surface area contributed by atoms with Crippen molar-refractivity contribution in [2.24, 2.45) is 0 Å². The summed E-state index contributed by atoms with van der Waals surface area (Å²) in [5.41, 5.74) is 7.61. The maximum atomic E-state index is 15.2. The molecule has 0 bridgehead atoms. The van der Waals surface area contributed by atoms with Gasteiger partial charge in [-0.25, -0.2) is 18.4 Å². The maximum absolute atomic E-state index is 15.2. The van der Waals surface area contributed by atoms with E-state index in [2.05, 4.69) is 15.4 Å². The second kappa shape index (κ2) is 8.61. The van der Waals surface area contributed by atoms with E-state index < -0.39 is 17.7 Å². The Morgan fingerprint density at radius 2 is 1.97 bits per heavy atom. The third-order valence-corrected chi connectivity index (χ3v) is 6.08. The van der Waals surface area contributed by atoms with E-state index in [9.17, 15) is 4.39 Å². The Morgan fingerprint density at radius 3 is 2.71 bits per heavy atom. The first-order chi connectivity index (χ1) is 14.8. The number of nitrogen functional groups attached to an aromatic ring is 1. The summed E-state index contributed by atoms with van der Waals surface area (Å²) < 4.78 is 36.3. The fourth-order valence-electron chi connectivity index (χ4n) is 3.60. The number of nitrogens with one attached hydrogen (secondary N) is 1. The number of hydrogen-bond donors (Lipinski definition) is 2. The fourth-order valence-corrected chi connectivity index (χ4v) is 4.28. The van der Waals surface area contributed by atoms with Gasteiger partial charge in [-0.2, -0.15) is 5.10 Å². The van der Waals surface area contributed by atoms with Gasteiger partial charge in [0.2, 0.25) is 5.79 Å². The molecule has 6 nitrogen and oxygen atoms in total. The second-order valence-electron chi connectivity index (χ2n) is 7.47. The van der Waals surface area contributed by atoms with Crippen molar-refractivity contribution in [3.05, 3.63) is 58.2 Å². The lowest BCUT2D eigenvalue weighted by Gasteiger charge is -2.30. The topological polar surface area (TPSA) is 78.0 Å². The van der Waals surface area contributed by atoms with Gasteiger partial charge in [-0.05, 0) is 25.1 Å². The Kier molecular flexibility index (Phi) is 6.05. The lowest BCUT2D eigenvalue weighted by atomic mass is 10.0. The molecule has 1 atom stereocenters. The van der Waals surface area contributed by atoms with Gasteiger partial charge < -0.3 is 15.8 Å². The SMILES string of the molecule is CC(Oc1cc(-c2cnn(C3(F)CCNCC3)c2)cnc1N)c1c(Cl)ccc(F)c1Cl. The third-order valence-electron chi connectivity index (χ3n) is 5.37. The predicted molar refractivity (Wildman–Crippen MR) is 117 cm³/mol. The average molecular weight is 468 g/mol. The molecule has 0 spiro atoms. The molecule has 1 fully saturated rings. The number of ether oxygens (including phenoxy) is 1. The Hall–Kier alpha value is -2.42. The Labute approximate surface area is 188 Å². The first-order valence-corrected chi connectivity index (χ1v) is 10.5. The molecule has 1 aliphatic heterocycles. The number of pyridine rings is 1. The van der Waals surface area contributed by atoms with Crippen LogP contribution in [0.1, 0.15) is 31.4 Å². The standard InChI is InChI=1S/C21H21Cl2F2N5O/c1-12(18-15(22)2-3-16(24)19(18)23)31-17-8-13(9-28-20(17)26)14-10-29-30(11-14)21(25)4-6-27-7-5-21/h2-3,8-12,27H,4-7H2,1H3,(H2,26,28). The van der Waals surface area contributed by atoms with Gasteiger partial charge in [-0.3, -0.25) is 0 Å². The minimum Gasteiger partial charge on any atom is -0.482 e. The van der Waals surface area contributed by atoms with Crippen molar-refractivity contribution in [1.29, 1.82) is 0 Å². The number of benzene rings is 1. The van der Waals surface area contributed by atoms with Crippen molar-refractivity contribution < 1.29 is 13.5 Å². The lowest BCUT2D eigenvalue weighted by molar-refractivity contribution is 0.0183. The van der Waals surface area contributed by atoms with E-state index in [0.717, 1.165) is 0 Å². The summed E-state index contributed by atoms with van der Waals surface area (Å²) in [5, 5.41) is 7.52. The molecule has 31 heavy (non-hydrogen) atoms. The van der Waals surface area contributed by atoms with Crippen molar-refractivity contribution >= 4 is 29.0 Å². The summed E-state index contributed by atoms with van der Waals surface area (Å²) in [6.45, 7) is 2.87. The third kappa shape index (κ3) is 4.33. The van der Waals surface area contributed by atoms with Crippen molar-refractivity contribution in [3.8, 4) is 16.9 Å². The van der Waals surface area contributed by atoms with Gasteiger partial charge in [0, 0.05) is 60.0 Å². The van der Waals surface area contributed by atoms with Crippen molar-refractivity contribution in [2.45, 2.75) is 31.7 Å². The highest BCUT2D eigenvalue weighted by Crippen LogP contribution is 2.37. The molecule has 1 unspecified atom stereocenters. The van der Waals surface area contributed by atoms with Crippen LogP contribution in [0.3, 0.4) is 0 Å². The highest BCUT2D eigenvalue weighted by atomic mass is 35.5. The molecule has 3 aromatic rings. The fraction of sp³-hybridized carbons (Fsp3) is 0.333. The van der Waals surface area contributed by atoms with E-state index in [0.29, 0.717) is 42.6 Å². The van der Waals surface area contributed by atoms with E-state index in [1.165, 1.54) is 16.8 Å². The summed E-state index contributed by atoms with van der Waals surface area (Å²) >= 11 is 12.3. The highest BCUT2D eigenvalue weighted by Gasteiger charge is 2.34. The monoisotopic (exact) mass is 467 g/mol. The van der Waals surface area contributed by atoms with Gasteiger partial charge in [-0.1, -0.05) is 23.2 Å². The number of halogens is 4. The molecule has 1 aromatic carbocycles. The van der Waals surface area contributed by atoms with E-state index >= 15 is 4.39 Å². The van der Waals surface area contributed by atoms with Gasteiger partial charge in [-0.15, -0.1) is 0 Å². The molecular weight excluding hydrogens is 447 g/mol. The molecular formula is C21H21Cl2F2N5O. The lowest BCUT2D eigenvalue weighted by Crippen LogP contribution is -2.41. The average Bonchev–Trinajstić information content (AvgIpc) is 3.24. The van der Waals surface area contributed by atoms with Crippen LogP contribution in [0.4, 0.5) is 14.6 Å². The zero-order chi connectivity index (χ0) is 22.2. The van der Waals surface area contributed by atoms with Crippen LogP contribution in [0.15, 0.2) is 36.8 Å². The molecule has 0 saturated carbocycles. The largest absolute Gasteiger partial charge is 0.482 e. The van der Waals surface area contributed by atoms with Crippen molar-refractivity contribution in [3.63, 3.8) is 0 Å². The van der Waals surface area contributed by atoms with Crippen LogP contribution < -0.4 is 15.8 Å². The first kappa shape index (κ1) is 21.8. The van der Waals surface area contributed by atoms with E-state index in [-0.39, 0.29) is 21.6 Å². The van der Waals surface area contributed by atoms with E-state index in [1.54, 1.807) is 31.6 Å². The summed E-state index contributed by atoms with van der Waals surface area (Å²) in [7, 11) is 0. The Balaban J connectivity index is 1.61. The summed E-state index contributed by atoms with van der Waals surface area (Å²) in [5.74, 6) is -1.71. The molecule has 164 valence electrons. The zero-order valence-electron chi connectivity index (χ0n) is 16.7. The van der Waals surface area contributed by atoms with Gasteiger partial charge in [0.1, 0.15) is 11.9 Å². The molecule has 10 heteroatoms. The minimum atomic E-state index is -1.52. The van der Waals surface area contributed by atoms with Crippen LogP contribution in [0.5, 0.6) is 5.75 Å². The van der Waals surface area contributed by atoms with Crippen LogP contribution >= 0.6 is 23.2 Å². The maximum Gasteiger partial charge on any atom is 0.204 e. The molecule has 0 radical (unpaired) electrons. The van der Waals surface area contributed by atoms with E-state index in [4.69, 9.17) is 33.7 Å². The van der Waals surface area contributed by atoms with Crippen LogP contribution in [0.2, 0.25) is 10.0 Å². The Morgan fingerprint density at radius 1 is 1.23 bits per heavy atom. The molecule has 2 aromatic heterocycles. The van der Waals surface area contributed by atoms with Crippen molar-refractivity contribution in [1.82, 2.24) is 20.1 Å². The number of alkyl halides is 1. The van der Waals surface area contributed by atoms with Gasteiger partial charge in [0.05, 0.1) is 11.2 Å². The van der Waals surface area contributed by atoms with Crippen LogP contribution in [0.25, 0.3) is 11.1 Å². The smallest absolute Gasteiger partial charge is 0.204 e. The molecule has 0 aliphatic carbocycles. The van der Waals surface area contributed by atoms with Gasteiger partial charge >= 0.3 is 0 Å². The number of nitrogens with zero attached hydrogens (tertiary/aromatic N) is 3. The number of aromatic nitrogens is 3. The highest BCUT2D eigenvalue weighted by molar-refractivity contribution is 6.36. The second-order valence-corrected chi connectivity index (χ2v) is 8.25. The zero-order valence-corrected chi connectivity index (χ0v) is 18.2. The van der Waals surface area contributed by atoms with Crippen LogP contribution in [-0.4, -0.2) is 27.9 Å². The quantitative estimate of drug-likeness (QED) is 0.509. The van der Waals surface area contributed by atoms with Gasteiger partial charge in [0.15, 0.2) is 11.6 Å². The Bertz CT molecular complexity index is 1100. The van der Waals surface area contributed by atoms with Gasteiger partial charge in [0.25, 0.3) is 0 Å². The van der Waals surface area contributed by atoms with Crippen molar-refractivity contribution in [2.75, 3.05) is 18.8 Å². The molecule has 4 rings (SSSR count). The molecule has 3 heterocycles. The van der Waals surface area contributed by atoms with Crippen LogP contribution in [0, 0.1) is 5.82 Å². The molecule has 1 saturated heterocycles. The first-order valence-electron chi connectivity index (χ1n) is 9.79. The number of rotatable bonds is 5. The molecule has 3 N–H and O–H groups in total. The summed E-state index contributed by atoms with van der Waals surface area (Å²) in [6, 6.07) is 4.28. The number of nitrogens with two attached hydrogens (primary N) is 1. The summed E-state index contributed by atoms with van der Waals surface area (Å²) in [4.78, 5) is 4.18. The van der Waals surface area contributed by atoms with E-state index in [1.807, 2.05) is 0 Å². The predicted octanol–water partition coefficient (Wildman–Crippen LogP) is 5.12. The number of anilines is 1. The normalized spacial score (nSPS) is 16.8. The number of piperidine rings is 1. The molecule has 1 aliphatic rings. The summed E-state index contributed by atoms with van der Waals surface area (Å²) in [6.07, 6.45) is 4.77. The molecule has 0 amide bonds. The minimum absolute atomic E-state index is 0.112.